The Morgan fingerprint density at radius 1 is 1.29 bits per heavy atom. The molecule has 1 saturated heterocycles. The molecular formula is C26H34ClNO6Si. The van der Waals surface area contributed by atoms with Gasteiger partial charge in [-0.1, -0.05) is 44.5 Å². The predicted molar refractivity (Wildman–Crippen MR) is 135 cm³/mol. The van der Waals surface area contributed by atoms with Crippen LogP contribution in [0.3, 0.4) is 0 Å². The molecule has 1 aliphatic carbocycles. The molecule has 0 bridgehead atoms. The van der Waals surface area contributed by atoms with Crippen molar-refractivity contribution in [3.63, 3.8) is 0 Å². The molecule has 9 heteroatoms. The molecule has 2 aliphatic rings. The first-order valence-corrected chi connectivity index (χ1v) is 15.2. The zero-order chi connectivity index (χ0) is 26.3. The quantitative estimate of drug-likeness (QED) is 0.209. The normalized spacial score (nSPS) is 23.3. The number of carbonyl (C=O) groups excluding carboxylic acids is 4. The maximum Gasteiger partial charge on any atom is 0.399 e. The Morgan fingerprint density at radius 3 is 2.54 bits per heavy atom. The van der Waals surface area contributed by atoms with Crippen LogP contribution in [0.4, 0.5) is 0 Å². The summed E-state index contributed by atoms with van der Waals surface area (Å²) < 4.78 is 6.50. The monoisotopic (exact) mass is 519 g/mol. The fraction of sp³-hybridized carbons (Fsp3) is 0.538. The summed E-state index contributed by atoms with van der Waals surface area (Å²) in [7, 11) is -2.23. The van der Waals surface area contributed by atoms with Gasteiger partial charge in [-0.2, -0.15) is 5.06 Å². The van der Waals surface area contributed by atoms with Gasteiger partial charge in [0.1, 0.15) is 0 Å². The van der Waals surface area contributed by atoms with Gasteiger partial charge in [0.25, 0.3) is 5.91 Å². The third-order valence-electron chi connectivity index (χ3n) is 7.48. The first-order chi connectivity index (χ1) is 16.2. The number of hydrogen-bond donors (Lipinski definition) is 0. The molecule has 1 aromatic carbocycles. The topological polar surface area (TPSA) is 90.0 Å². The lowest BCUT2D eigenvalue weighted by Crippen LogP contribution is -2.69. The van der Waals surface area contributed by atoms with Crippen LogP contribution in [0, 0.1) is 11.8 Å². The van der Waals surface area contributed by atoms with E-state index in [1.165, 1.54) is 6.08 Å². The van der Waals surface area contributed by atoms with Crippen LogP contribution in [-0.2, 0) is 30.1 Å². The highest BCUT2D eigenvalue weighted by atomic mass is 35.5. The number of ketones is 2. The molecule has 3 rings (SSSR count). The van der Waals surface area contributed by atoms with E-state index in [9.17, 15) is 19.2 Å². The van der Waals surface area contributed by atoms with Crippen molar-refractivity contribution >= 4 is 43.4 Å². The van der Waals surface area contributed by atoms with Gasteiger partial charge in [-0.15, -0.1) is 6.58 Å². The predicted octanol–water partition coefficient (Wildman–Crippen LogP) is 4.93. The molecule has 1 amide bonds. The molecule has 7 nitrogen and oxygen atoms in total. The van der Waals surface area contributed by atoms with E-state index in [0.29, 0.717) is 23.4 Å². The molecule has 1 aliphatic heterocycles. The highest BCUT2D eigenvalue weighted by Crippen LogP contribution is 2.44. The Balaban J connectivity index is 1.93. The molecule has 0 spiro atoms. The minimum absolute atomic E-state index is 0.0802. The van der Waals surface area contributed by atoms with Crippen molar-refractivity contribution in [3.8, 4) is 0 Å². The maximum atomic E-state index is 13.5. The van der Waals surface area contributed by atoms with Crippen molar-refractivity contribution in [2.45, 2.75) is 77.2 Å². The largest absolute Gasteiger partial charge is 0.413 e. The van der Waals surface area contributed by atoms with Gasteiger partial charge in [0.05, 0.1) is 18.1 Å². The number of carbonyl (C=O) groups is 4. The Bertz CT molecular complexity index is 1060. The third kappa shape index (κ3) is 5.29. The van der Waals surface area contributed by atoms with Gasteiger partial charge >= 0.3 is 5.97 Å². The summed E-state index contributed by atoms with van der Waals surface area (Å²) >= 11 is 6.15. The maximum absolute atomic E-state index is 13.5. The van der Waals surface area contributed by atoms with Gasteiger partial charge in [0.2, 0.25) is 5.78 Å². The molecule has 1 fully saturated rings. The van der Waals surface area contributed by atoms with E-state index in [1.54, 1.807) is 12.1 Å². The van der Waals surface area contributed by atoms with Crippen LogP contribution in [0.1, 0.15) is 56.5 Å². The molecular weight excluding hydrogens is 486 g/mol. The van der Waals surface area contributed by atoms with Crippen LogP contribution in [0.15, 0.2) is 30.9 Å². The van der Waals surface area contributed by atoms with Crippen molar-refractivity contribution in [1.29, 1.82) is 0 Å². The zero-order valence-corrected chi connectivity index (χ0v) is 23.0. The number of amides is 1. The van der Waals surface area contributed by atoms with E-state index in [1.807, 2.05) is 13.0 Å². The molecule has 0 aromatic heterocycles. The number of aryl methyl sites for hydroxylation is 1. The first kappa shape index (κ1) is 27.3. The highest BCUT2D eigenvalue weighted by Gasteiger charge is 2.59. The van der Waals surface area contributed by atoms with E-state index >= 15 is 0 Å². The van der Waals surface area contributed by atoms with E-state index in [4.69, 9.17) is 20.9 Å². The Labute approximate surface area is 212 Å². The number of β-lactam (4-membered cyclic amide) rings is 1. The lowest BCUT2D eigenvalue weighted by molar-refractivity contribution is -0.248. The van der Waals surface area contributed by atoms with Crippen LogP contribution in [-0.4, -0.2) is 49.0 Å². The van der Waals surface area contributed by atoms with Gasteiger partial charge < -0.3 is 9.26 Å². The lowest BCUT2D eigenvalue weighted by atomic mass is 9.70. The molecule has 190 valence electrons. The summed E-state index contributed by atoms with van der Waals surface area (Å²) in [6.07, 6.45) is 1.69. The highest BCUT2D eigenvalue weighted by molar-refractivity contribution is 6.74. The van der Waals surface area contributed by atoms with E-state index in [0.717, 1.165) is 10.6 Å². The lowest BCUT2D eigenvalue weighted by Gasteiger charge is -2.52. The third-order valence-corrected chi connectivity index (χ3v) is 12.3. The van der Waals surface area contributed by atoms with E-state index in [2.05, 4.69) is 40.4 Å². The van der Waals surface area contributed by atoms with Crippen LogP contribution >= 0.6 is 11.6 Å². The molecule has 1 heterocycles. The van der Waals surface area contributed by atoms with Gasteiger partial charge in [0, 0.05) is 22.9 Å². The van der Waals surface area contributed by atoms with Gasteiger partial charge in [0.15, 0.2) is 14.1 Å². The SMILES string of the molecule is C=CCC(=O)C(=O)ON1C(=O)[C@H]([C@@H](C)O[Si](C)(C)C(C)(C)C)[C@H]1[C@@H]1CCc2ccc(Cl)cc2C1=O. The smallest absolute Gasteiger partial charge is 0.399 e. The molecule has 0 N–H and O–H groups in total. The summed E-state index contributed by atoms with van der Waals surface area (Å²) in [5.74, 6) is -3.88. The van der Waals surface area contributed by atoms with Gasteiger partial charge in [-0.3, -0.25) is 14.4 Å². The number of benzene rings is 1. The molecule has 0 saturated carbocycles. The van der Waals surface area contributed by atoms with Crippen molar-refractivity contribution < 1.29 is 28.4 Å². The molecule has 4 atom stereocenters. The minimum Gasteiger partial charge on any atom is -0.413 e. The standard InChI is InChI=1S/C26H34ClNO6Si/c1-8-9-20(29)25(32)33-28-22(18-13-11-16-10-12-17(27)14-19(16)23(18)30)21(24(28)31)15(2)34-35(6,7)26(3,4)5/h8,10,12,14-15,18,21-22H,1,9,11,13H2,2-7H3/t15-,18+,21-,22-/m1/s1. The average molecular weight is 520 g/mol. The number of halogens is 1. The molecule has 35 heavy (non-hydrogen) atoms. The Hall–Kier alpha value is -2.29. The number of nitrogens with zero attached hydrogens (tertiary/aromatic N) is 1. The molecule has 1 aromatic rings. The van der Waals surface area contributed by atoms with Crippen LogP contribution in [0.2, 0.25) is 23.2 Å². The summed E-state index contributed by atoms with van der Waals surface area (Å²) in [6.45, 7) is 15.8. The summed E-state index contributed by atoms with van der Waals surface area (Å²) in [6, 6.07) is 4.49. The Morgan fingerprint density at radius 2 is 1.94 bits per heavy atom. The number of Topliss-reactive ketones (excluding diaryl/α,β-unsaturated/α-hetero) is 2. The van der Waals surface area contributed by atoms with Gasteiger partial charge in [-0.05, 0) is 55.6 Å². The summed E-state index contributed by atoms with van der Waals surface area (Å²) in [5.41, 5.74) is 1.41. The van der Waals surface area contributed by atoms with Crippen molar-refractivity contribution in [2.75, 3.05) is 0 Å². The second kappa shape index (κ2) is 9.99. The van der Waals surface area contributed by atoms with Crippen molar-refractivity contribution in [3.05, 3.63) is 47.0 Å². The fourth-order valence-electron chi connectivity index (χ4n) is 4.53. The number of fused-ring (bicyclic) bond motifs is 1. The van der Waals surface area contributed by atoms with Crippen LogP contribution in [0.25, 0.3) is 0 Å². The van der Waals surface area contributed by atoms with E-state index in [-0.39, 0.29) is 17.2 Å². The second-order valence-corrected chi connectivity index (χ2v) is 16.1. The molecule has 0 radical (unpaired) electrons. The van der Waals surface area contributed by atoms with Crippen LogP contribution in [0.5, 0.6) is 0 Å². The number of hydrogen-bond acceptors (Lipinski definition) is 6. The van der Waals surface area contributed by atoms with Crippen molar-refractivity contribution in [2.24, 2.45) is 11.8 Å². The van der Waals surface area contributed by atoms with Gasteiger partial charge in [-0.25, -0.2) is 4.79 Å². The second-order valence-electron chi connectivity index (χ2n) is 10.9. The van der Waals surface area contributed by atoms with E-state index < -0.39 is 50.0 Å². The number of allylic oxidation sites excluding steroid dienone is 1. The number of hydroxylamine groups is 2. The molecule has 0 unspecified atom stereocenters. The number of rotatable bonds is 8. The first-order valence-electron chi connectivity index (χ1n) is 11.9. The minimum atomic E-state index is -2.23. The zero-order valence-electron chi connectivity index (χ0n) is 21.2. The summed E-state index contributed by atoms with van der Waals surface area (Å²) in [5, 5.41) is 1.28. The van der Waals surface area contributed by atoms with Crippen LogP contribution < -0.4 is 0 Å². The fourth-order valence-corrected chi connectivity index (χ4v) is 6.14. The summed E-state index contributed by atoms with van der Waals surface area (Å²) in [4.78, 5) is 56.4. The van der Waals surface area contributed by atoms with Crippen molar-refractivity contribution in [1.82, 2.24) is 5.06 Å². The Kier molecular flexibility index (Phi) is 7.79. The average Bonchev–Trinajstić information content (AvgIpc) is 2.75.